The number of hydrogen-bond acceptors (Lipinski definition) is 10. The normalized spacial score (nSPS) is 23.0. The van der Waals surface area contributed by atoms with E-state index >= 15 is 0 Å². The van der Waals surface area contributed by atoms with E-state index in [1.807, 2.05) is 19.0 Å². The molecule has 2 aromatic carbocycles. The summed E-state index contributed by atoms with van der Waals surface area (Å²) >= 11 is 0. The molecule has 4 rings (SSSR count). The van der Waals surface area contributed by atoms with E-state index in [1.165, 1.54) is 4.90 Å². The third-order valence-corrected chi connectivity index (χ3v) is 7.81. The minimum Gasteiger partial charge on any atom is -0.508 e. The van der Waals surface area contributed by atoms with Crippen molar-refractivity contribution in [2.24, 2.45) is 17.1 Å². The number of aromatic hydroxyl groups is 2. The predicted octanol–water partition coefficient (Wildman–Crippen LogP) is 1.35. The molecular weight excluding hydrogens is 516 g/mol. The van der Waals surface area contributed by atoms with Gasteiger partial charge in [-0.25, -0.2) is 0 Å². The Morgan fingerprint density at radius 2 is 1.73 bits per heavy atom. The Morgan fingerprint density at radius 1 is 1.10 bits per heavy atom. The monoisotopic (exact) mass is 554 g/mol. The van der Waals surface area contributed by atoms with E-state index in [0.29, 0.717) is 28.7 Å². The number of carbonyl (C=O) groups is 3. The lowest BCUT2D eigenvalue weighted by molar-refractivity contribution is -0.132. The molecule has 216 valence electrons. The number of Topliss-reactive ketones (excluding diaryl/α,β-unsaturated/α-hetero) is 2. The van der Waals surface area contributed by atoms with Gasteiger partial charge >= 0.3 is 0 Å². The standard InChI is InChI=1S/C29H38N4O7/c1-28(2,3)12-31-11-14-10-17(32(4)5)15-8-13-9-16-21(33(6)7)24(36)20(27(30)39)26(38)29(16,40)25(37)18(13)23(35)19(15)22(14)34/h8,10,16,21,31,34-35,38,40H,9,11-12H2,1-7H3,(H2,30,39)/t16?,21-,29-/m0/s1. The molecule has 2 aromatic rings. The zero-order chi connectivity index (χ0) is 30.1. The van der Waals surface area contributed by atoms with Crippen LogP contribution in [0.4, 0.5) is 5.69 Å². The number of amides is 1. The first-order valence-corrected chi connectivity index (χ1v) is 13.1. The van der Waals surface area contributed by atoms with Gasteiger partial charge in [0.25, 0.3) is 5.91 Å². The van der Waals surface area contributed by atoms with Crippen LogP contribution in [0.2, 0.25) is 0 Å². The van der Waals surface area contributed by atoms with Gasteiger partial charge in [0.1, 0.15) is 22.8 Å². The number of aliphatic hydroxyl groups excluding tert-OH is 1. The van der Waals surface area contributed by atoms with E-state index in [2.05, 4.69) is 26.1 Å². The summed E-state index contributed by atoms with van der Waals surface area (Å²) in [7, 11) is 6.74. The molecule has 0 aliphatic heterocycles. The van der Waals surface area contributed by atoms with Gasteiger partial charge in [0.05, 0.1) is 17.0 Å². The van der Waals surface area contributed by atoms with Gasteiger partial charge in [0.15, 0.2) is 11.4 Å². The first kappa shape index (κ1) is 29.3. The van der Waals surface area contributed by atoms with E-state index < -0.39 is 52.1 Å². The summed E-state index contributed by atoms with van der Waals surface area (Å²) in [4.78, 5) is 42.6. The fourth-order valence-corrected chi connectivity index (χ4v) is 5.97. The number of nitrogens with two attached hydrogens (primary N) is 1. The van der Waals surface area contributed by atoms with Gasteiger partial charge in [0, 0.05) is 49.7 Å². The molecule has 0 saturated heterocycles. The number of rotatable bonds is 6. The highest BCUT2D eigenvalue weighted by Gasteiger charge is 2.62. The summed E-state index contributed by atoms with van der Waals surface area (Å²) in [6.07, 6.45) is -0.0890. The second kappa shape index (κ2) is 9.76. The molecule has 0 bridgehead atoms. The minimum absolute atomic E-state index is 0.0124. The Bertz CT molecular complexity index is 1470. The number of likely N-dealkylation sites (N-methyl/N-ethyl adjacent to an activating group) is 1. The highest BCUT2D eigenvalue weighted by atomic mass is 16.3. The van der Waals surface area contributed by atoms with Crippen molar-refractivity contribution in [3.8, 4) is 11.5 Å². The summed E-state index contributed by atoms with van der Waals surface area (Å²) in [5, 5.41) is 49.3. The van der Waals surface area contributed by atoms with Crippen LogP contribution in [0, 0.1) is 11.3 Å². The SMILES string of the molecule is CN(C)c1cc(CNCC(C)(C)C)c(O)c2c(O)c3c(cc12)CC1[C@H](N(C)C)C(=O)C(C(N)=O)=C(O)[C@@]1(O)C3=O. The van der Waals surface area contributed by atoms with Gasteiger partial charge in [-0.1, -0.05) is 20.8 Å². The van der Waals surface area contributed by atoms with Gasteiger partial charge < -0.3 is 36.4 Å². The number of phenolic OH excluding ortho intramolecular Hbond substituents is 2. The van der Waals surface area contributed by atoms with Crippen molar-refractivity contribution >= 4 is 33.9 Å². The maximum Gasteiger partial charge on any atom is 0.255 e. The van der Waals surface area contributed by atoms with Crippen molar-refractivity contribution in [3.05, 3.63) is 40.2 Å². The Labute approximate surface area is 232 Å². The van der Waals surface area contributed by atoms with Gasteiger partial charge in [0.2, 0.25) is 5.78 Å². The average molecular weight is 555 g/mol. The van der Waals surface area contributed by atoms with Crippen LogP contribution in [0.3, 0.4) is 0 Å². The maximum atomic E-state index is 14.0. The largest absolute Gasteiger partial charge is 0.508 e. The lowest BCUT2D eigenvalue weighted by Gasteiger charge is -2.47. The van der Waals surface area contributed by atoms with Crippen molar-refractivity contribution in [3.63, 3.8) is 0 Å². The molecule has 0 spiro atoms. The van der Waals surface area contributed by atoms with Gasteiger partial charge in [-0.3, -0.25) is 19.3 Å². The molecule has 3 atom stereocenters. The molecule has 1 amide bonds. The number of aliphatic hydroxyl groups is 2. The van der Waals surface area contributed by atoms with E-state index in [9.17, 15) is 34.8 Å². The molecule has 7 N–H and O–H groups in total. The molecule has 0 fully saturated rings. The molecular formula is C29H38N4O7. The average Bonchev–Trinajstić information content (AvgIpc) is 2.81. The Hall–Kier alpha value is -3.67. The van der Waals surface area contributed by atoms with Crippen molar-refractivity contribution < 1.29 is 34.8 Å². The van der Waals surface area contributed by atoms with Crippen LogP contribution in [-0.2, 0) is 22.6 Å². The molecule has 40 heavy (non-hydrogen) atoms. The minimum atomic E-state index is -2.70. The fraction of sp³-hybridized carbons (Fsp3) is 0.483. The Morgan fingerprint density at radius 3 is 2.25 bits per heavy atom. The van der Waals surface area contributed by atoms with Gasteiger partial charge in [-0.05, 0) is 43.6 Å². The summed E-state index contributed by atoms with van der Waals surface area (Å²) in [5.41, 5.74) is 3.02. The number of nitrogens with zero attached hydrogens (tertiary/aromatic N) is 2. The highest BCUT2D eigenvalue weighted by Crippen LogP contribution is 2.51. The zero-order valence-corrected chi connectivity index (χ0v) is 23.9. The first-order valence-electron chi connectivity index (χ1n) is 13.1. The van der Waals surface area contributed by atoms with Crippen LogP contribution in [0.1, 0.15) is 42.3 Å². The van der Waals surface area contributed by atoms with E-state index in [4.69, 9.17) is 5.73 Å². The maximum absolute atomic E-state index is 14.0. The molecule has 1 unspecified atom stereocenters. The smallest absolute Gasteiger partial charge is 0.255 e. The summed E-state index contributed by atoms with van der Waals surface area (Å²) in [6, 6.07) is 2.31. The third kappa shape index (κ3) is 4.38. The molecule has 0 aromatic heterocycles. The van der Waals surface area contributed by atoms with Crippen LogP contribution in [-0.4, -0.2) is 89.2 Å². The molecule has 0 heterocycles. The number of primary amides is 1. The molecule has 11 heteroatoms. The van der Waals surface area contributed by atoms with Crippen molar-refractivity contribution in [1.82, 2.24) is 10.2 Å². The summed E-state index contributed by atoms with van der Waals surface area (Å²) < 4.78 is 0. The number of nitrogens with one attached hydrogen (secondary N) is 1. The quantitative estimate of drug-likeness (QED) is 0.286. The van der Waals surface area contributed by atoms with Crippen molar-refractivity contribution in [1.29, 1.82) is 0 Å². The van der Waals surface area contributed by atoms with Crippen molar-refractivity contribution in [2.75, 3.05) is 39.6 Å². The Kier molecular flexibility index (Phi) is 7.15. The van der Waals surface area contributed by atoms with Crippen LogP contribution in [0.25, 0.3) is 10.8 Å². The number of ketones is 2. The fourth-order valence-electron chi connectivity index (χ4n) is 5.97. The number of benzene rings is 2. The van der Waals surface area contributed by atoms with Crippen LogP contribution >= 0.6 is 0 Å². The highest BCUT2D eigenvalue weighted by molar-refractivity contribution is 6.25. The van der Waals surface area contributed by atoms with Gasteiger partial charge in [-0.2, -0.15) is 0 Å². The number of phenols is 2. The molecule has 2 aliphatic carbocycles. The number of fused-ring (bicyclic) bond motifs is 3. The molecule has 0 radical (unpaired) electrons. The van der Waals surface area contributed by atoms with Crippen LogP contribution < -0.4 is 16.0 Å². The van der Waals surface area contributed by atoms with Gasteiger partial charge in [-0.15, -0.1) is 0 Å². The second-order valence-corrected chi connectivity index (χ2v) is 12.4. The second-order valence-electron chi connectivity index (χ2n) is 12.4. The molecule has 2 aliphatic rings. The van der Waals surface area contributed by atoms with Crippen LogP contribution in [0.5, 0.6) is 11.5 Å². The lowest BCUT2D eigenvalue weighted by Crippen LogP contribution is -2.64. The van der Waals surface area contributed by atoms with Crippen molar-refractivity contribution in [2.45, 2.75) is 45.4 Å². The van der Waals surface area contributed by atoms with E-state index in [0.717, 1.165) is 0 Å². The molecule has 0 saturated carbocycles. The number of carbonyl (C=O) groups excluding carboxylic acids is 3. The van der Waals surface area contributed by atoms with Crippen LogP contribution in [0.15, 0.2) is 23.5 Å². The summed E-state index contributed by atoms with van der Waals surface area (Å²) in [5.74, 6) is -6.25. The number of anilines is 1. The van der Waals surface area contributed by atoms with E-state index in [1.54, 1.807) is 26.2 Å². The zero-order valence-electron chi connectivity index (χ0n) is 23.9. The first-order chi connectivity index (χ1) is 18.4. The lowest BCUT2D eigenvalue weighted by atomic mass is 9.62. The summed E-state index contributed by atoms with van der Waals surface area (Å²) in [6.45, 7) is 7.15. The number of hydrogen-bond donors (Lipinski definition) is 6. The third-order valence-electron chi connectivity index (χ3n) is 7.81. The Balaban J connectivity index is 1.99. The van der Waals surface area contributed by atoms with E-state index in [-0.39, 0.29) is 35.1 Å². The predicted molar refractivity (Wildman–Crippen MR) is 151 cm³/mol. The topological polar surface area (TPSA) is 177 Å². The molecule has 11 nitrogen and oxygen atoms in total.